The molecule has 0 bridgehead atoms. The highest BCUT2D eigenvalue weighted by atomic mass is 15.1. The number of benzene rings is 2. The molecule has 23 heavy (non-hydrogen) atoms. The van der Waals surface area contributed by atoms with E-state index in [1.807, 2.05) is 24.3 Å². The van der Waals surface area contributed by atoms with Gasteiger partial charge in [0.05, 0.1) is 0 Å². The number of fused-ring (bicyclic) bond motifs is 1. The van der Waals surface area contributed by atoms with E-state index in [0.717, 1.165) is 19.4 Å². The summed E-state index contributed by atoms with van der Waals surface area (Å²) in [5.74, 6) is 0.515. The third-order valence-electron chi connectivity index (χ3n) is 3.90. The molecular weight excluding hydrogens is 284 g/mol. The highest BCUT2D eigenvalue weighted by Gasteiger charge is 2.02. The lowest BCUT2D eigenvalue weighted by Gasteiger charge is -2.05. The molecular formula is C19H22N4. The molecule has 3 aromatic rings. The fraction of sp³-hybridized carbons (Fsp3) is 0.211. The lowest BCUT2D eigenvalue weighted by atomic mass is 10.1. The van der Waals surface area contributed by atoms with Gasteiger partial charge in [0.2, 0.25) is 0 Å². The summed E-state index contributed by atoms with van der Waals surface area (Å²) in [6.07, 6.45) is 3.88. The highest BCUT2D eigenvalue weighted by Crippen LogP contribution is 2.17. The lowest BCUT2D eigenvalue weighted by Crippen LogP contribution is -2.33. The Hall–Kier alpha value is -2.75. The fourth-order valence-corrected chi connectivity index (χ4v) is 2.67. The van der Waals surface area contributed by atoms with Crippen molar-refractivity contribution in [2.45, 2.75) is 12.8 Å². The summed E-state index contributed by atoms with van der Waals surface area (Å²) in [6.45, 7) is 1.48. The SMILES string of the molecule is NC(=NCCc1c[nH]c2ccccc12)NCCc1ccccc1. The molecule has 0 radical (unpaired) electrons. The van der Waals surface area contributed by atoms with Crippen molar-refractivity contribution in [1.82, 2.24) is 10.3 Å². The maximum Gasteiger partial charge on any atom is 0.188 e. The zero-order valence-corrected chi connectivity index (χ0v) is 13.1. The van der Waals surface area contributed by atoms with Gasteiger partial charge in [-0.15, -0.1) is 0 Å². The minimum absolute atomic E-state index is 0.515. The standard InChI is InChI=1S/C19H22N4/c20-19(21-12-10-15-6-2-1-3-7-15)22-13-11-16-14-23-18-9-5-4-8-17(16)18/h1-9,14,23H,10-13H2,(H3,20,21,22). The molecule has 1 heterocycles. The average molecular weight is 306 g/mol. The number of H-pyrrole nitrogens is 1. The van der Waals surface area contributed by atoms with Crippen molar-refractivity contribution in [3.8, 4) is 0 Å². The summed E-state index contributed by atoms with van der Waals surface area (Å²) < 4.78 is 0. The van der Waals surface area contributed by atoms with E-state index in [2.05, 4.69) is 51.8 Å². The van der Waals surface area contributed by atoms with Crippen molar-refractivity contribution in [2.24, 2.45) is 10.7 Å². The number of aromatic amines is 1. The van der Waals surface area contributed by atoms with Gasteiger partial charge in [0.15, 0.2) is 5.96 Å². The Kier molecular flexibility index (Phi) is 4.94. The van der Waals surface area contributed by atoms with Gasteiger partial charge in [-0.3, -0.25) is 4.99 Å². The van der Waals surface area contributed by atoms with E-state index in [9.17, 15) is 0 Å². The topological polar surface area (TPSA) is 66.2 Å². The van der Waals surface area contributed by atoms with E-state index in [4.69, 9.17) is 5.73 Å². The smallest absolute Gasteiger partial charge is 0.188 e. The monoisotopic (exact) mass is 306 g/mol. The third kappa shape index (κ3) is 4.13. The van der Waals surface area contributed by atoms with Gasteiger partial charge in [-0.25, -0.2) is 0 Å². The number of aliphatic imine (C=N–C) groups is 1. The van der Waals surface area contributed by atoms with Gasteiger partial charge in [0.25, 0.3) is 0 Å². The van der Waals surface area contributed by atoms with E-state index < -0.39 is 0 Å². The van der Waals surface area contributed by atoms with Crippen molar-refractivity contribution >= 4 is 16.9 Å². The second kappa shape index (κ2) is 7.49. The zero-order chi connectivity index (χ0) is 15.9. The molecule has 0 amide bonds. The van der Waals surface area contributed by atoms with Crippen LogP contribution >= 0.6 is 0 Å². The normalized spacial score (nSPS) is 11.7. The Bertz CT molecular complexity index is 774. The summed E-state index contributed by atoms with van der Waals surface area (Å²) in [6, 6.07) is 18.7. The molecule has 0 saturated carbocycles. The number of nitrogens with zero attached hydrogens (tertiary/aromatic N) is 1. The van der Waals surface area contributed by atoms with Crippen molar-refractivity contribution in [1.29, 1.82) is 0 Å². The van der Waals surface area contributed by atoms with Gasteiger partial charge >= 0.3 is 0 Å². The third-order valence-corrected chi connectivity index (χ3v) is 3.90. The van der Waals surface area contributed by atoms with Crippen LogP contribution in [0.2, 0.25) is 0 Å². The molecule has 4 nitrogen and oxygen atoms in total. The number of rotatable bonds is 6. The van der Waals surface area contributed by atoms with Gasteiger partial charge < -0.3 is 16.0 Å². The van der Waals surface area contributed by atoms with Crippen LogP contribution in [0, 0.1) is 0 Å². The van der Waals surface area contributed by atoms with Crippen molar-refractivity contribution in [3.05, 3.63) is 71.9 Å². The number of para-hydroxylation sites is 1. The fourth-order valence-electron chi connectivity index (χ4n) is 2.67. The summed E-state index contributed by atoms with van der Waals surface area (Å²) >= 11 is 0. The molecule has 0 spiro atoms. The number of nitrogens with two attached hydrogens (primary N) is 1. The van der Waals surface area contributed by atoms with E-state index in [1.54, 1.807) is 0 Å². The van der Waals surface area contributed by atoms with Crippen LogP contribution < -0.4 is 11.1 Å². The maximum absolute atomic E-state index is 5.92. The number of guanidine groups is 1. The molecule has 1 aromatic heterocycles. The van der Waals surface area contributed by atoms with Crippen LogP contribution in [-0.2, 0) is 12.8 Å². The quantitative estimate of drug-likeness (QED) is 0.484. The van der Waals surface area contributed by atoms with Gasteiger partial charge in [-0.1, -0.05) is 48.5 Å². The van der Waals surface area contributed by atoms with Crippen LogP contribution in [-0.4, -0.2) is 24.0 Å². The van der Waals surface area contributed by atoms with Gasteiger partial charge in [-0.05, 0) is 30.0 Å². The van der Waals surface area contributed by atoms with Crippen LogP contribution in [0.1, 0.15) is 11.1 Å². The van der Waals surface area contributed by atoms with Crippen LogP contribution in [0.25, 0.3) is 10.9 Å². The maximum atomic E-state index is 5.92. The second-order valence-electron chi connectivity index (χ2n) is 5.54. The molecule has 4 N–H and O–H groups in total. The van der Waals surface area contributed by atoms with Crippen LogP contribution in [0.3, 0.4) is 0 Å². The molecule has 0 unspecified atom stereocenters. The Morgan fingerprint density at radius 2 is 1.78 bits per heavy atom. The molecule has 0 aliphatic carbocycles. The van der Waals surface area contributed by atoms with Crippen LogP contribution in [0.5, 0.6) is 0 Å². The highest BCUT2D eigenvalue weighted by molar-refractivity contribution is 5.83. The number of nitrogens with one attached hydrogen (secondary N) is 2. The zero-order valence-electron chi connectivity index (χ0n) is 13.1. The molecule has 0 saturated heterocycles. The van der Waals surface area contributed by atoms with Gasteiger partial charge in [0, 0.05) is 30.2 Å². The molecule has 0 fully saturated rings. The molecule has 118 valence electrons. The van der Waals surface area contributed by atoms with E-state index in [-0.39, 0.29) is 0 Å². The summed E-state index contributed by atoms with van der Waals surface area (Å²) in [7, 11) is 0. The van der Waals surface area contributed by atoms with Gasteiger partial charge in [0.1, 0.15) is 0 Å². The largest absolute Gasteiger partial charge is 0.370 e. The number of hydrogen-bond acceptors (Lipinski definition) is 1. The molecule has 4 heteroatoms. The Morgan fingerprint density at radius 3 is 2.65 bits per heavy atom. The minimum atomic E-state index is 0.515. The van der Waals surface area contributed by atoms with E-state index in [1.165, 1.54) is 22.0 Å². The average Bonchev–Trinajstić information content (AvgIpc) is 2.99. The molecule has 0 atom stereocenters. The Labute approximate surface area is 136 Å². The van der Waals surface area contributed by atoms with Gasteiger partial charge in [-0.2, -0.15) is 0 Å². The van der Waals surface area contributed by atoms with Crippen molar-refractivity contribution in [2.75, 3.05) is 13.1 Å². The first-order valence-corrected chi connectivity index (χ1v) is 7.95. The summed E-state index contributed by atoms with van der Waals surface area (Å²) in [5.41, 5.74) is 9.66. The predicted octanol–water partition coefficient (Wildman–Crippen LogP) is 2.86. The molecule has 0 aliphatic rings. The number of hydrogen-bond donors (Lipinski definition) is 3. The van der Waals surface area contributed by atoms with Crippen LogP contribution in [0.15, 0.2) is 65.8 Å². The Morgan fingerprint density at radius 1 is 1.00 bits per heavy atom. The van der Waals surface area contributed by atoms with Crippen molar-refractivity contribution < 1.29 is 0 Å². The molecule has 0 aliphatic heterocycles. The second-order valence-corrected chi connectivity index (χ2v) is 5.54. The molecule has 3 rings (SSSR count). The summed E-state index contributed by atoms with van der Waals surface area (Å²) in [4.78, 5) is 7.69. The minimum Gasteiger partial charge on any atom is -0.370 e. The van der Waals surface area contributed by atoms with Crippen molar-refractivity contribution in [3.63, 3.8) is 0 Å². The first-order chi connectivity index (χ1) is 11.3. The first-order valence-electron chi connectivity index (χ1n) is 7.95. The first kappa shape index (κ1) is 15.2. The Balaban J connectivity index is 1.46. The molecule has 2 aromatic carbocycles. The summed E-state index contributed by atoms with van der Waals surface area (Å²) in [5, 5.41) is 4.43. The van der Waals surface area contributed by atoms with E-state index >= 15 is 0 Å². The predicted molar refractivity (Wildman–Crippen MR) is 96.6 cm³/mol. The number of aromatic nitrogens is 1. The van der Waals surface area contributed by atoms with E-state index in [0.29, 0.717) is 12.5 Å². The lowest BCUT2D eigenvalue weighted by molar-refractivity contribution is 0.844. The van der Waals surface area contributed by atoms with Crippen LogP contribution in [0.4, 0.5) is 0 Å².